The molecule has 0 aliphatic carbocycles. The number of benzene rings is 3. The highest BCUT2D eigenvalue weighted by Crippen LogP contribution is 2.29. The maximum atomic E-state index is 12.4. The zero-order chi connectivity index (χ0) is 17.1. The average Bonchev–Trinajstić information content (AvgIpc) is 2.63. The summed E-state index contributed by atoms with van der Waals surface area (Å²) in [6.45, 7) is 2.31. The Morgan fingerprint density at radius 1 is 0.880 bits per heavy atom. The third-order valence-electron chi connectivity index (χ3n) is 4.13. The number of nitrogens with one attached hydrogen (secondary N) is 1. The molecule has 126 valence electrons. The molecule has 0 spiro atoms. The molecular formula is C20H18N2OS2. The van der Waals surface area contributed by atoms with E-state index < -0.39 is 0 Å². The molecule has 0 atom stereocenters. The van der Waals surface area contributed by atoms with Gasteiger partial charge in [0.25, 0.3) is 5.91 Å². The van der Waals surface area contributed by atoms with Crippen molar-refractivity contribution in [1.29, 1.82) is 0 Å². The van der Waals surface area contributed by atoms with Crippen LogP contribution in [-0.4, -0.2) is 23.3 Å². The number of carbonyl (C=O) groups is 1. The lowest BCUT2D eigenvalue weighted by Crippen LogP contribution is -2.30. The summed E-state index contributed by atoms with van der Waals surface area (Å²) in [6, 6.07) is 22.1. The predicted molar refractivity (Wildman–Crippen MR) is 106 cm³/mol. The number of amides is 1. The van der Waals surface area contributed by atoms with Gasteiger partial charge in [0, 0.05) is 28.4 Å². The Balaban J connectivity index is 1.41. The van der Waals surface area contributed by atoms with Gasteiger partial charge in [0.15, 0.2) is 0 Å². The van der Waals surface area contributed by atoms with E-state index in [0.717, 1.165) is 28.8 Å². The second kappa shape index (κ2) is 7.52. The molecule has 25 heavy (non-hydrogen) atoms. The first-order valence-electron chi connectivity index (χ1n) is 8.27. The Hall–Kier alpha value is -1.95. The molecule has 1 fully saturated rings. The Bertz CT molecular complexity index is 909. The largest absolute Gasteiger partial charge is 0.292 e. The normalized spacial score (nSPS) is 14.2. The molecule has 0 aromatic heterocycles. The summed E-state index contributed by atoms with van der Waals surface area (Å²) in [7, 11) is 0. The van der Waals surface area contributed by atoms with Crippen LogP contribution < -0.4 is 4.72 Å². The Kier molecular flexibility index (Phi) is 4.97. The number of fused-ring (bicyclic) bond motifs is 1. The lowest BCUT2D eigenvalue weighted by Gasteiger charge is -2.29. The van der Waals surface area contributed by atoms with E-state index in [2.05, 4.69) is 21.2 Å². The van der Waals surface area contributed by atoms with Gasteiger partial charge in [-0.15, -0.1) is 0 Å². The minimum atomic E-state index is -0.0726. The van der Waals surface area contributed by atoms with Crippen LogP contribution >= 0.6 is 23.9 Å². The maximum Gasteiger partial charge on any atom is 0.261 e. The second-order valence-electron chi connectivity index (χ2n) is 5.94. The van der Waals surface area contributed by atoms with Crippen molar-refractivity contribution in [3.63, 3.8) is 0 Å². The second-order valence-corrected chi connectivity index (χ2v) is 7.99. The molecule has 1 saturated heterocycles. The highest BCUT2D eigenvalue weighted by Gasteiger charge is 2.15. The molecule has 0 unspecified atom stereocenters. The highest BCUT2D eigenvalue weighted by molar-refractivity contribution is 7.98. The van der Waals surface area contributed by atoms with Crippen molar-refractivity contribution < 1.29 is 4.79 Å². The molecule has 1 N–H and O–H groups in total. The van der Waals surface area contributed by atoms with Gasteiger partial charge >= 0.3 is 0 Å². The van der Waals surface area contributed by atoms with Crippen molar-refractivity contribution in [1.82, 2.24) is 9.03 Å². The zero-order valence-corrected chi connectivity index (χ0v) is 15.3. The van der Waals surface area contributed by atoms with E-state index in [9.17, 15) is 4.79 Å². The Morgan fingerprint density at radius 2 is 1.68 bits per heavy atom. The minimum Gasteiger partial charge on any atom is -0.292 e. The fraction of sp³-hybridized carbons (Fsp3) is 0.150. The van der Waals surface area contributed by atoms with Crippen molar-refractivity contribution >= 4 is 40.6 Å². The highest BCUT2D eigenvalue weighted by atomic mass is 32.2. The molecule has 1 aliphatic heterocycles. The molecule has 0 radical (unpaired) electrons. The smallest absolute Gasteiger partial charge is 0.261 e. The molecule has 1 amide bonds. The van der Waals surface area contributed by atoms with Gasteiger partial charge in [0.05, 0.1) is 0 Å². The number of rotatable bonds is 5. The van der Waals surface area contributed by atoms with Gasteiger partial charge in [-0.05, 0) is 71.4 Å². The number of nitrogens with zero attached hydrogens (tertiary/aromatic N) is 1. The van der Waals surface area contributed by atoms with Crippen LogP contribution in [-0.2, 0) is 0 Å². The standard InChI is InChI=1S/C20H18N2OS2/c23-20(17-10-9-15-5-1-2-6-16(15)13-17)21-24-18-7-3-8-19(14-18)25-22-11-4-12-22/h1-3,5-10,13-14H,4,11-12H2,(H,21,23). The van der Waals surface area contributed by atoms with Gasteiger partial charge in [0.1, 0.15) is 0 Å². The number of hydrogen-bond donors (Lipinski definition) is 1. The molecule has 3 nitrogen and oxygen atoms in total. The van der Waals surface area contributed by atoms with Gasteiger partial charge in [-0.1, -0.05) is 36.4 Å². The lowest BCUT2D eigenvalue weighted by molar-refractivity contribution is 0.0984. The van der Waals surface area contributed by atoms with Crippen LogP contribution in [0.15, 0.2) is 76.5 Å². The summed E-state index contributed by atoms with van der Waals surface area (Å²) < 4.78 is 5.29. The average molecular weight is 367 g/mol. The molecule has 0 saturated carbocycles. The van der Waals surface area contributed by atoms with E-state index in [0.29, 0.717) is 5.56 Å². The zero-order valence-electron chi connectivity index (χ0n) is 13.6. The summed E-state index contributed by atoms with van der Waals surface area (Å²) in [5.74, 6) is -0.0726. The van der Waals surface area contributed by atoms with Gasteiger partial charge in [-0.2, -0.15) is 0 Å². The van der Waals surface area contributed by atoms with Crippen molar-refractivity contribution in [2.45, 2.75) is 16.2 Å². The molecule has 0 bridgehead atoms. The first kappa shape index (κ1) is 16.5. The predicted octanol–water partition coefficient (Wildman–Crippen LogP) is 4.99. The van der Waals surface area contributed by atoms with Crippen LogP contribution in [0.1, 0.15) is 16.8 Å². The molecule has 3 aromatic rings. The molecule has 1 heterocycles. The van der Waals surface area contributed by atoms with Crippen LogP contribution in [0.5, 0.6) is 0 Å². The van der Waals surface area contributed by atoms with E-state index in [-0.39, 0.29) is 5.91 Å². The van der Waals surface area contributed by atoms with E-state index in [1.807, 2.05) is 54.6 Å². The first-order chi connectivity index (χ1) is 12.3. The van der Waals surface area contributed by atoms with Crippen LogP contribution in [0.4, 0.5) is 0 Å². The summed E-state index contributed by atoms with van der Waals surface area (Å²) >= 11 is 3.15. The Morgan fingerprint density at radius 3 is 2.48 bits per heavy atom. The summed E-state index contributed by atoms with van der Waals surface area (Å²) in [5.41, 5.74) is 0.678. The molecule has 4 rings (SSSR count). The van der Waals surface area contributed by atoms with Crippen LogP contribution in [0.2, 0.25) is 0 Å². The van der Waals surface area contributed by atoms with Gasteiger partial charge in [0.2, 0.25) is 0 Å². The quantitative estimate of drug-likeness (QED) is 0.645. The van der Waals surface area contributed by atoms with E-state index >= 15 is 0 Å². The minimum absolute atomic E-state index is 0.0726. The molecular weight excluding hydrogens is 348 g/mol. The van der Waals surface area contributed by atoms with E-state index in [1.54, 1.807) is 11.9 Å². The number of carbonyl (C=O) groups excluding carboxylic acids is 1. The van der Waals surface area contributed by atoms with Crippen molar-refractivity contribution in [3.05, 3.63) is 72.3 Å². The number of hydrogen-bond acceptors (Lipinski definition) is 4. The fourth-order valence-electron chi connectivity index (χ4n) is 2.62. The van der Waals surface area contributed by atoms with Crippen molar-refractivity contribution in [2.75, 3.05) is 13.1 Å². The lowest BCUT2D eigenvalue weighted by atomic mass is 10.1. The van der Waals surface area contributed by atoms with Gasteiger partial charge in [-0.25, -0.2) is 4.31 Å². The maximum absolute atomic E-state index is 12.4. The third kappa shape index (κ3) is 4.00. The SMILES string of the molecule is O=C(NSc1cccc(SN2CCC2)c1)c1ccc2ccccc2c1. The fourth-order valence-corrected chi connectivity index (χ4v) is 4.41. The molecule has 1 aliphatic rings. The third-order valence-corrected chi connectivity index (χ3v) is 5.99. The summed E-state index contributed by atoms with van der Waals surface area (Å²) in [6.07, 6.45) is 1.28. The topological polar surface area (TPSA) is 32.3 Å². The van der Waals surface area contributed by atoms with E-state index in [4.69, 9.17) is 0 Å². The monoisotopic (exact) mass is 366 g/mol. The molecule has 3 aromatic carbocycles. The van der Waals surface area contributed by atoms with Crippen LogP contribution in [0, 0.1) is 0 Å². The van der Waals surface area contributed by atoms with Gasteiger partial charge in [-0.3, -0.25) is 9.52 Å². The summed E-state index contributed by atoms with van der Waals surface area (Å²) in [4.78, 5) is 14.7. The van der Waals surface area contributed by atoms with Gasteiger partial charge < -0.3 is 0 Å². The molecule has 5 heteroatoms. The van der Waals surface area contributed by atoms with Crippen molar-refractivity contribution in [3.8, 4) is 0 Å². The van der Waals surface area contributed by atoms with E-state index in [1.165, 1.54) is 23.3 Å². The van der Waals surface area contributed by atoms with Crippen LogP contribution in [0.3, 0.4) is 0 Å². The Labute approximate surface area is 156 Å². The van der Waals surface area contributed by atoms with Crippen molar-refractivity contribution in [2.24, 2.45) is 0 Å². The summed E-state index contributed by atoms with van der Waals surface area (Å²) in [5, 5.41) is 2.22. The first-order valence-corrected chi connectivity index (χ1v) is 9.86. The van der Waals surface area contributed by atoms with Crippen LogP contribution in [0.25, 0.3) is 10.8 Å².